The smallest absolute Gasteiger partial charge is 0.308 e. The summed E-state index contributed by atoms with van der Waals surface area (Å²) in [6.45, 7) is 2.70. The van der Waals surface area contributed by atoms with Crippen molar-refractivity contribution in [2.24, 2.45) is 5.10 Å². The average Bonchev–Trinajstić information content (AvgIpc) is 3.34. The van der Waals surface area contributed by atoms with Crippen LogP contribution in [0.2, 0.25) is 0 Å². The molecule has 1 N–H and O–H groups in total. The zero-order valence-electron chi connectivity index (χ0n) is 20.5. The molecule has 190 valence electrons. The Morgan fingerprint density at radius 2 is 1.74 bits per heavy atom. The van der Waals surface area contributed by atoms with Crippen molar-refractivity contribution in [2.75, 3.05) is 5.32 Å². The van der Waals surface area contributed by atoms with Crippen LogP contribution in [0.4, 0.5) is 5.69 Å². The van der Waals surface area contributed by atoms with E-state index in [1.807, 2.05) is 36.4 Å². The van der Waals surface area contributed by atoms with Crippen molar-refractivity contribution in [1.82, 2.24) is 5.01 Å². The van der Waals surface area contributed by atoms with Gasteiger partial charge in [-0.2, -0.15) is 5.01 Å². The molecule has 4 aromatic carbocycles. The molecule has 0 aliphatic carbocycles. The van der Waals surface area contributed by atoms with Crippen LogP contribution >= 0.6 is 15.9 Å². The molecule has 1 aliphatic rings. The van der Waals surface area contributed by atoms with E-state index in [2.05, 4.69) is 26.3 Å². The summed E-state index contributed by atoms with van der Waals surface area (Å²) in [6.07, 6.45) is -0.894. The van der Waals surface area contributed by atoms with E-state index in [9.17, 15) is 14.4 Å². The molecule has 38 heavy (non-hydrogen) atoms. The van der Waals surface area contributed by atoms with Crippen molar-refractivity contribution >= 4 is 56.1 Å². The van der Waals surface area contributed by atoms with E-state index in [0.29, 0.717) is 22.4 Å². The molecule has 0 spiro atoms. The fourth-order valence-corrected chi connectivity index (χ4v) is 4.60. The first-order chi connectivity index (χ1) is 18.3. The zero-order chi connectivity index (χ0) is 26.8. The lowest BCUT2D eigenvalue weighted by atomic mass is 10.0. The Labute approximate surface area is 227 Å². The molecule has 8 nitrogen and oxygen atoms in total. The lowest BCUT2D eigenvalue weighted by molar-refractivity contribution is -0.135. The van der Waals surface area contributed by atoms with Gasteiger partial charge in [0.1, 0.15) is 5.75 Å². The summed E-state index contributed by atoms with van der Waals surface area (Å²) >= 11 is 3.38. The molecule has 0 fully saturated rings. The Morgan fingerprint density at radius 3 is 2.50 bits per heavy atom. The monoisotopic (exact) mass is 571 g/mol. The van der Waals surface area contributed by atoms with E-state index in [1.165, 1.54) is 18.9 Å². The fourth-order valence-electron chi connectivity index (χ4n) is 4.20. The maximum atomic E-state index is 12.8. The second kappa shape index (κ2) is 10.5. The van der Waals surface area contributed by atoms with Crippen LogP contribution in [0.15, 0.2) is 94.5 Å². The third-order valence-corrected chi connectivity index (χ3v) is 6.33. The van der Waals surface area contributed by atoms with Gasteiger partial charge in [-0.3, -0.25) is 14.4 Å². The van der Waals surface area contributed by atoms with Gasteiger partial charge >= 0.3 is 5.97 Å². The van der Waals surface area contributed by atoms with Gasteiger partial charge in [0.05, 0.1) is 5.56 Å². The Hall–Kier alpha value is -4.50. The van der Waals surface area contributed by atoms with Gasteiger partial charge in [0.25, 0.3) is 5.91 Å². The number of benzene rings is 4. The SMILES string of the molecule is CC(=O)Oc1ccc2ccccc2c1C1=NN(C(C)=O)[C@@H](c2cccc(NC(=O)c3cccc(Br)c3)c2)O1. The Kier molecular flexibility index (Phi) is 6.93. The van der Waals surface area contributed by atoms with Crippen LogP contribution in [-0.2, 0) is 14.3 Å². The maximum Gasteiger partial charge on any atom is 0.308 e. The van der Waals surface area contributed by atoms with Crippen LogP contribution in [0.3, 0.4) is 0 Å². The van der Waals surface area contributed by atoms with Crippen LogP contribution in [0.5, 0.6) is 5.75 Å². The van der Waals surface area contributed by atoms with Gasteiger partial charge in [-0.25, -0.2) is 0 Å². The van der Waals surface area contributed by atoms with Crippen molar-refractivity contribution in [1.29, 1.82) is 0 Å². The van der Waals surface area contributed by atoms with Crippen molar-refractivity contribution in [3.8, 4) is 5.75 Å². The molecule has 0 bridgehead atoms. The molecule has 0 aromatic heterocycles. The van der Waals surface area contributed by atoms with Crippen LogP contribution in [0, 0.1) is 0 Å². The van der Waals surface area contributed by atoms with Crippen LogP contribution in [0.25, 0.3) is 10.8 Å². The van der Waals surface area contributed by atoms with Crippen LogP contribution in [0.1, 0.15) is 41.6 Å². The fraction of sp³-hybridized carbons (Fsp3) is 0.103. The summed E-state index contributed by atoms with van der Waals surface area (Å²) in [5, 5.41) is 10.2. The van der Waals surface area contributed by atoms with Gasteiger partial charge in [-0.1, -0.05) is 64.5 Å². The maximum absolute atomic E-state index is 12.8. The number of hydrazone groups is 1. The van der Waals surface area contributed by atoms with Gasteiger partial charge in [0, 0.05) is 35.1 Å². The molecule has 5 rings (SSSR count). The highest BCUT2D eigenvalue weighted by Gasteiger charge is 2.35. The molecule has 0 unspecified atom stereocenters. The largest absolute Gasteiger partial charge is 0.446 e. The number of halogens is 1. The number of hydrogen-bond donors (Lipinski definition) is 1. The molecule has 0 saturated heterocycles. The van der Waals surface area contributed by atoms with Gasteiger partial charge < -0.3 is 14.8 Å². The molecule has 1 atom stereocenters. The third kappa shape index (κ3) is 5.14. The minimum absolute atomic E-state index is 0.141. The molecule has 2 amide bonds. The van der Waals surface area contributed by atoms with Crippen LogP contribution < -0.4 is 10.1 Å². The second-order valence-corrected chi connectivity index (χ2v) is 9.50. The molecule has 0 radical (unpaired) electrons. The normalized spacial score (nSPS) is 14.6. The molecule has 1 aliphatic heterocycles. The molecule has 1 heterocycles. The number of nitrogens with one attached hydrogen (secondary N) is 1. The minimum Gasteiger partial charge on any atom is -0.446 e. The summed E-state index contributed by atoms with van der Waals surface area (Å²) in [7, 11) is 0. The van der Waals surface area contributed by atoms with Crippen LogP contribution in [-0.4, -0.2) is 28.7 Å². The van der Waals surface area contributed by atoms with Gasteiger partial charge in [0.2, 0.25) is 18.0 Å². The summed E-state index contributed by atoms with van der Waals surface area (Å²) in [6, 6.07) is 25.1. The Bertz CT molecular complexity index is 1620. The topological polar surface area (TPSA) is 97.3 Å². The molecular weight excluding hydrogens is 550 g/mol. The zero-order valence-corrected chi connectivity index (χ0v) is 22.1. The Morgan fingerprint density at radius 1 is 0.947 bits per heavy atom. The van der Waals surface area contributed by atoms with E-state index in [-0.39, 0.29) is 23.5 Å². The number of hydrogen-bond acceptors (Lipinski definition) is 6. The summed E-state index contributed by atoms with van der Waals surface area (Å²) in [4.78, 5) is 37.2. The average molecular weight is 572 g/mol. The van der Waals surface area contributed by atoms with Crippen molar-refractivity contribution in [3.05, 3.63) is 106 Å². The van der Waals surface area contributed by atoms with Gasteiger partial charge in [-0.05, 0) is 47.2 Å². The number of fused-ring (bicyclic) bond motifs is 1. The quantitative estimate of drug-likeness (QED) is 0.233. The number of nitrogens with zero attached hydrogens (tertiary/aromatic N) is 2. The molecule has 4 aromatic rings. The number of carbonyl (C=O) groups excluding carboxylic acids is 3. The summed E-state index contributed by atoms with van der Waals surface area (Å²) in [5.74, 6) is -0.703. The van der Waals surface area contributed by atoms with E-state index in [0.717, 1.165) is 15.2 Å². The summed E-state index contributed by atoms with van der Waals surface area (Å²) < 4.78 is 12.5. The second-order valence-electron chi connectivity index (χ2n) is 8.58. The number of anilines is 1. The number of carbonyl (C=O) groups is 3. The first kappa shape index (κ1) is 25.2. The van der Waals surface area contributed by atoms with E-state index < -0.39 is 12.2 Å². The molecule has 9 heteroatoms. The third-order valence-electron chi connectivity index (χ3n) is 5.84. The van der Waals surface area contributed by atoms with Crippen molar-refractivity contribution < 1.29 is 23.9 Å². The standard InChI is InChI=1S/C29H22BrN3O5/c1-17(34)33-29(21-9-6-11-23(16-21)31-27(36)20-8-5-10-22(30)15-20)38-28(32-33)26-24-12-4-3-7-19(24)13-14-25(26)37-18(2)35/h3-16,29H,1-2H3,(H,31,36)/t29-/m1/s1. The highest BCUT2D eigenvalue weighted by molar-refractivity contribution is 9.10. The molecule has 0 saturated carbocycles. The van der Waals surface area contributed by atoms with E-state index in [4.69, 9.17) is 9.47 Å². The highest BCUT2D eigenvalue weighted by Crippen LogP contribution is 2.37. The molecular formula is C29H22BrN3O5. The number of esters is 1. The van der Waals surface area contributed by atoms with Gasteiger partial charge in [-0.15, -0.1) is 5.10 Å². The lowest BCUT2D eigenvalue weighted by Gasteiger charge is -2.20. The predicted octanol–water partition coefficient (Wildman–Crippen LogP) is 6.02. The summed E-state index contributed by atoms with van der Waals surface area (Å²) in [5.41, 5.74) is 2.08. The first-order valence-electron chi connectivity index (χ1n) is 11.7. The van der Waals surface area contributed by atoms with Crippen molar-refractivity contribution in [3.63, 3.8) is 0 Å². The van der Waals surface area contributed by atoms with E-state index in [1.54, 1.807) is 48.5 Å². The number of ether oxygens (including phenoxy) is 2. The minimum atomic E-state index is -0.894. The first-order valence-corrected chi connectivity index (χ1v) is 12.5. The lowest BCUT2D eigenvalue weighted by Crippen LogP contribution is -2.25. The van der Waals surface area contributed by atoms with Gasteiger partial charge in [0.15, 0.2) is 0 Å². The predicted molar refractivity (Wildman–Crippen MR) is 147 cm³/mol. The Balaban J connectivity index is 1.49. The number of amides is 2. The highest BCUT2D eigenvalue weighted by atomic mass is 79.9. The van der Waals surface area contributed by atoms with E-state index >= 15 is 0 Å². The number of rotatable bonds is 5. The van der Waals surface area contributed by atoms with Crippen molar-refractivity contribution in [2.45, 2.75) is 20.1 Å².